The van der Waals surface area contributed by atoms with Crippen molar-refractivity contribution in [3.63, 3.8) is 0 Å². The Balaban J connectivity index is 1.82. The minimum atomic E-state index is -0.348. The summed E-state index contributed by atoms with van der Waals surface area (Å²) in [5.74, 6) is 0.0752. The van der Waals surface area contributed by atoms with Crippen LogP contribution in [0.4, 0.5) is 0 Å². The predicted octanol–water partition coefficient (Wildman–Crippen LogP) is 3.24. The number of fused-ring (bicyclic) bond motifs is 1. The third-order valence-electron chi connectivity index (χ3n) is 4.57. The van der Waals surface area contributed by atoms with Crippen molar-refractivity contribution in [1.82, 2.24) is 9.21 Å². The van der Waals surface area contributed by atoms with E-state index >= 15 is 0 Å². The molecule has 0 fully saturated rings. The summed E-state index contributed by atoms with van der Waals surface area (Å²) in [4.78, 5) is 14.9. The number of hydrogen-bond donors (Lipinski definition) is 1. The minimum Gasteiger partial charge on any atom is -0.337 e. The van der Waals surface area contributed by atoms with Crippen molar-refractivity contribution in [2.75, 3.05) is 13.6 Å². The highest BCUT2D eigenvalue weighted by atomic mass is 32.2. The molecule has 2 aromatic rings. The zero-order valence-corrected chi connectivity index (χ0v) is 14.6. The van der Waals surface area contributed by atoms with Crippen LogP contribution < -0.4 is 0 Å². The summed E-state index contributed by atoms with van der Waals surface area (Å²) in [6.07, 6.45) is 1.46. The third-order valence-corrected chi connectivity index (χ3v) is 5.08. The van der Waals surface area contributed by atoms with Gasteiger partial charge in [-0.15, -0.1) is 0 Å². The average molecular weight is 342 g/mol. The zero-order chi connectivity index (χ0) is 16.9. The first-order valence-corrected chi connectivity index (χ1v) is 8.86. The molecule has 1 amide bonds. The van der Waals surface area contributed by atoms with E-state index in [4.69, 9.17) is 0 Å². The zero-order valence-electron chi connectivity index (χ0n) is 13.8. The Morgan fingerprint density at radius 2 is 1.79 bits per heavy atom. The number of carbonyl (C=O) groups excluding carboxylic acids is 1. The van der Waals surface area contributed by atoms with Crippen molar-refractivity contribution >= 4 is 18.1 Å². The molecule has 1 unspecified atom stereocenters. The fourth-order valence-corrected chi connectivity index (χ4v) is 3.42. The van der Waals surface area contributed by atoms with Gasteiger partial charge in [-0.3, -0.25) is 4.79 Å². The van der Waals surface area contributed by atoms with E-state index in [1.54, 1.807) is 11.4 Å². The lowest BCUT2D eigenvalue weighted by atomic mass is 10.0. The van der Waals surface area contributed by atoms with Crippen molar-refractivity contribution in [3.05, 3.63) is 71.3 Å². The monoisotopic (exact) mass is 342 g/mol. The SMILES string of the molecule is CN(SO)C1Cc2ccccc2CN(CCc2ccccc2)C1=O. The Kier molecular flexibility index (Phi) is 5.56. The van der Waals surface area contributed by atoms with Crippen LogP contribution in [0.2, 0.25) is 0 Å². The van der Waals surface area contributed by atoms with Crippen LogP contribution in [0, 0.1) is 0 Å². The Bertz CT molecular complexity index is 693. The van der Waals surface area contributed by atoms with E-state index < -0.39 is 0 Å². The standard InChI is InChI=1S/C19H22N2O2S/c1-20(24-23)18-13-16-9-5-6-10-17(16)14-21(19(18)22)12-11-15-7-3-2-4-8-15/h2-10,18,23H,11-14H2,1H3. The third kappa shape index (κ3) is 3.80. The number of amides is 1. The first-order valence-electron chi connectivity index (χ1n) is 8.13. The maximum atomic E-state index is 13.0. The van der Waals surface area contributed by atoms with E-state index in [2.05, 4.69) is 24.3 Å². The van der Waals surface area contributed by atoms with Gasteiger partial charge in [0.15, 0.2) is 0 Å². The van der Waals surface area contributed by atoms with Gasteiger partial charge in [0.2, 0.25) is 5.91 Å². The molecule has 5 heteroatoms. The van der Waals surface area contributed by atoms with Crippen LogP contribution >= 0.6 is 12.2 Å². The van der Waals surface area contributed by atoms with Crippen molar-refractivity contribution in [2.24, 2.45) is 0 Å². The van der Waals surface area contributed by atoms with E-state index in [1.807, 2.05) is 35.2 Å². The van der Waals surface area contributed by atoms with Crippen molar-refractivity contribution in [2.45, 2.75) is 25.4 Å². The number of likely N-dealkylation sites (N-methyl/N-ethyl adjacent to an activating group) is 1. The second-order valence-electron chi connectivity index (χ2n) is 6.11. The molecular weight excluding hydrogens is 320 g/mol. The molecule has 24 heavy (non-hydrogen) atoms. The smallest absolute Gasteiger partial charge is 0.241 e. The Morgan fingerprint density at radius 3 is 2.50 bits per heavy atom. The molecule has 1 aliphatic heterocycles. The first kappa shape index (κ1) is 17.0. The molecule has 0 bridgehead atoms. The molecule has 0 aromatic heterocycles. The van der Waals surface area contributed by atoms with E-state index in [0.29, 0.717) is 31.7 Å². The van der Waals surface area contributed by atoms with Gasteiger partial charge in [0, 0.05) is 20.1 Å². The van der Waals surface area contributed by atoms with Gasteiger partial charge in [-0.2, -0.15) is 0 Å². The van der Waals surface area contributed by atoms with Crippen LogP contribution in [-0.4, -0.2) is 39.3 Å². The number of carbonyl (C=O) groups is 1. The van der Waals surface area contributed by atoms with Gasteiger partial charge in [-0.25, -0.2) is 4.31 Å². The van der Waals surface area contributed by atoms with E-state index in [1.165, 1.54) is 16.7 Å². The molecule has 0 aliphatic carbocycles. The van der Waals surface area contributed by atoms with Gasteiger partial charge in [-0.05, 0) is 29.5 Å². The lowest BCUT2D eigenvalue weighted by Crippen LogP contribution is -2.45. The van der Waals surface area contributed by atoms with Gasteiger partial charge in [0.1, 0.15) is 6.04 Å². The normalized spacial score (nSPS) is 17.7. The van der Waals surface area contributed by atoms with Crippen LogP contribution in [0.5, 0.6) is 0 Å². The predicted molar refractivity (Wildman–Crippen MR) is 97.5 cm³/mol. The molecule has 2 aromatic carbocycles. The summed E-state index contributed by atoms with van der Waals surface area (Å²) in [7, 11) is 1.76. The molecule has 1 N–H and O–H groups in total. The Hall–Kier alpha value is -1.82. The number of hydrogen-bond acceptors (Lipinski definition) is 4. The second kappa shape index (κ2) is 7.83. The Labute approximate surface area is 147 Å². The molecule has 0 saturated carbocycles. The lowest BCUT2D eigenvalue weighted by molar-refractivity contribution is -0.135. The van der Waals surface area contributed by atoms with E-state index in [-0.39, 0.29) is 11.9 Å². The van der Waals surface area contributed by atoms with Gasteiger partial charge in [0.25, 0.3) is 0 Å². The quantitative estimate of drug-likeness (QED) is 0.669. The van der Waals surface area contributed by atoms with Gasteiger partial charge in [-0.1, -0.05) is 54.6 Å². The van der Waals surface area contributed by atoms with Crippen LogP contribution in [0.3, 0.4) is 0 Å². The Morgan fingerprint density at radius 1 is 1.12 bits per heavy atom. The minimum absolute atomic E-state index is 0.0752. The van der Waals surface area contributed by atoms with E-state index in [9.17, 15) is 9.35 Å². The molecular formula is C19H22N2O2S. The molecule has 1 atom stereocenters. The molecule has 126 valence electrons. The first-order chi connectivity index (χ1) is 11.7. The van der Waals surface area contributed by atoms with Crippen molar-refractivity contribution < 1.29 is 9.35 Å². The fraction of sp³-hybridized carbons (Fsp3) is 0.316. The molecule has 3 rings (SSSR count). The molecule has 1 heterocycles. The van der Waals surface area contributed by atoms with Crippen molar-refractivity contribution in [3.8, 4) is 0 Å². The largest absolute Gasteiger partial charge is 0.337 e. The van der Waals surface area contributed by atoms with Gasteiger partial charge >= 0.3 is 0 Å². The topological polar surface area (TPSA) is 43.8 Å². The van der Waals surface area contributed by atoms with E-state index in [0.717, 1.165) is 6.42 Å². The summed E-state index contributed by atoms with van der Waals surface area (Å²) in [5, 5.41) is 0. The van der Waals surface area contributed by atoms with Crippen molar-refractivity contribution in [1.29, 1.82) is 0 Å². The summed E-state index contributed by atoms with van der Waals surface area (Å²) in [5.41, 5.74) is 3.60. The van der Waals surface area contributed by atoms with Crippen LogP contribution in [0.15, 0.2) is 54.6 Å². The highest BCUT2D eigenvalue weighted by molar-refractivity contribution is 7.91. The van der Waals surface area contributed by atoms with Gasteiger partial charge in [0.05, 0.1) is 12.2 Å². The summed E-state index contributed by atoms with van der Waals surface area (Å²) in [6.45, 7) is 1.31. The highest BCUT2D eigenvalue weighted by Gasteiger charge is 2.32. The lowest BCUT2D eigenvalue weighted by Gasteiger charge is -2.28. The van der Waals surface area contributed by atoms with Crippen LogP contribution in [0.1, 0.15) is 16.7 Å². The molecule has 0 saturated heterocycles. The van der Waals surface area contributed by atoms with Crippen LogP contribution in [-0.2, 0) is 24.2 Å². The average Bonchev–Trinajstić information content (AvgIpc) is 2.77. The van der Waals surface area contributed by atoms with Gasteiger partial charge < -0.3 is 9.45 Å². The number of rotatable bonds is 5. The van der Waals surface area contributed by atoms with Crippen LogP contribution in [0.25, 0.3) is 0 Å². The summed E-state index contributed by atoms with van der Waals surface area (Å²) in [6, 6.07) is 18.1. The molecule has 1 aliphatic rings. The number of nitrogens with zero attached hydrogens (tertiary/aromatic N) is 2. The highest BCUT2D eigenvalue weighted by Crippen LogP contribution is 2.24. The number of benzene rings is 2. The fourth-order valence-electron chi connectivity index (χ4n) is 3.14. The molecule has 0 spiro atoms. The maximum absolute atomic E-state index is 13.0. The summed E-state index contributed by atoms with van der Waals surface area (Å²) < 4.78 is 11.0. The summed E-state index contributed by atoms with van der Waals surface area (Å²) >= 11 is 0.621. The molecule has 4 nitrogen and oxygen atoms in total. The molecule has 0 radical (unpaired) electrons. The second-order valence-corrected chi connectivity index (χ2v) is 6.85. The maximum Gasteiger partial charge on any atom is 0.241 e.